The smallest absolute Gasteiger partial charge is 0.337 e. The monoisotopic (exact) mass is 398 g/mol. The quantitative estimate of drug-likeness (QED) is 0.706. The first kappa shape index (κ1) is 15.1. The summed E-state index contributed by atoms with van der Waals surface area (Å²) in [6.45, 7) is 0.454. The fourth-order valence-corrected chi connectivity index (χ4v) is 3.08. The van der Waals surface area contributed by atoms with Gasteiger partial charge in [-0.3, -0.25) is 0 Å². The maximum Gasteiger partial charge on any atom is 0.337 e. The van der Waals surface area contributed by atoms with Gasteiger partial charge in [0.1, 0.15) is 12.4 Å². The van der Waals surface area contributed by atoms with E-state index in [1.165, 1.54) is 7.11 Å². The lowest BCUT2D eigenvalue weighted by atomic mass is 10.2. The van der Waals surface area contributed by atoms with Gasteiger partial charge in [0.05, 0.1) is 21.6 Å². The normalized spacial score (nSPS) is 10.2. The van der Waals surface area contributed by atoms with Crippen LogP contribution in [0.2, 0.25) is 0 Å². The molecule has 0 saturated heterocycles. The first-order chi connectivity index (χ1) is 9.61. The molecule has 0 spiro atoms. The van der Waals surface area contributed by atoms with Crippen LogP contribution in [-0.4, -0.2) is 13.1 Å². The van der Waals surface area contributed by atoms with Crippen molar-refractivity contribution in [1.82, 2.24) is 0 Å². The number of esters is 1. The van der Waals surface area contributed by atoms with Crippen molar-refractivity contribution in [2.24, 2.45) is 0 Å². The molecule has 0 aliphatic rings. The summed E-state index contributed by atoms with van der Waals surface area (Å²) >= 11 is 6.81. The van der Waals surface area contributed by atoms with Gasteiger partial charge in [-0.2, -0.15) is 0 Å². The maximum absolute atomic E-state index is 11.5. The molecule has 0 aromatic heterocycles. The van der Waals surface area contributed by atoms with Crippen LogP contribution in [0.5, 0.6) is 5.75 Å². The second-order valence-corrected chi connectivity index (χ2v) is 5.74. The molecular weight excluding hydrogens is 388 g/mol. The third kappa shape index (κ3) is 3.61. The van der Waals surface area contributed by atoms with Crippen LogP contribution in [0.25, 0.3) is 0 Å². The predicted octanol–water partition coefficient (Wildman–Crippen LogP) is 4.58. The molecular formula is C15H12Br2O3. The summed E-state index contributed by atoms with van der Waals surface area (Å²) < 4.78 is 11.9. The van der Waals surface area contributed by atoms with Crippen molar-refractivity contribution in [1.29, 1.82) is 0 Å². The number of methoxy groups -OCH3 is 1. The Bertz CT molecular complexity index is 589. The van der Waals surface area contributed by atoms with Crippen LogP contribution in [0, 0.1) is 0 Å². The Morgan fingerprint density at radius 2 is 1.70 bits per heavy atom. The number of hydrogen-bond acceptors (Lipinski definition) is 3. The minimum Gasteiger partial charge on any atom is -0.487 e. The summed E-state index contributed by atoms with van der Waals surface area (Å²) in [6, 6.07) is 13.2. The highest BCUT2D eigenvalue weighted by Crippen LogP contribution is 2.35. The minimum absolute atomic E-state index is 0.388. The molecule has 0 aliphatic heterocycles. The van der Waals surface area contributed by atoms with Gasteiger partial charge in [-0.05, 0) is 49.6 Å². The summed E-state index contributed by atoms with van der Waals surface area (Å²) in [5.41, 5.74) is 1.53. The fraction of sp³-hybridized carbons (Fsp3) is 0.133. The van der Waals surface area contributed by atoms with Crippen molar-refractivity contribution >= 4 is 37.8 Å². The van der Waals surface area contributed by atoms with Crippen molar-refractivity contribution in [3.63, 3.8) is 0 Å². The Morgan fingerprint density at radius 1 is 1.10 bits per heavy atom. The van der Waals surface area contributed by atoms with Gasteiger partial charge in [-0.15, -0.1) is 0 Å². The van der Waals surface area contributed by atoms with Gasteiger partial charge in [-0.1, -0.05) is 30.3 Å². The van der Waals surface area contributed by atoms with E-state index in [2.05, 4.69) is 31.9 Å². The van der Waals surface area contributed by atoms with Crippen molar-refractivity contribution < 1.29 is 14.3 Å². The minimum atomic E-state index is -0.388. The Hall–Kier alpha value is -1.33. The van der Waals surface area contributed by atoms with Crippen LogP contribution in [-0.2, 0) is 11.3 Å². The van der Waals surface area contributed by atoms with Gasteiger partial charge in [-0.25, -0.2) is 4.79 Å². The Balaban J connectivity index is 2.18. The van der Waals surface area contributed by atoms with Crippen LogP contribution < -0.4 is 4.74 Å². The van der Waals surface area contributed by atoms with E-state index in [-0.39, 0.29) is 5.97 Å². The number of rotatable bonds is 4. The van der Waals surface area contributed by atoms with Crippen molar-refractivity contribution in [2.45, 2.75) is 6.61 Å². The number of hydrogen-bond donors (Lipinski definition) is 0. The SMILES string of the molecule is COC(=O)c1cc(Br)c(OCc2ccccc2)c(Br)c1. The molecule has 5 heteroatoms. The van der Waals surface area contributed by atoms with Crippen LogP contribution in [0.15, 0.2) is 51.4 Å². The molecule has 0 heterocycles. The summed E-state index contributed by atoms with van der Waals surface area (Å²) in [5, 5.41) is 0. The van der Waals surface area contributed by atoms with Gasteiger partial charge < -0.3 is 9.47 Å². The van der Waals surface area contributed by atoms with Gasteiger partial charge >= 0.3 is 5.97 Å². The molecule has 0 radical (unpaired) electrons. The van der Waals surface area contributed by atoms with E-state index in [0.717, 1.165) is 5.56 Å². The number of benzene rings is 2. The number of halogens is 2. The molecule has 0 amide bonds. The zero-order valence-corrected chi connectivity index (χ0v) is 13.9. The standard InChI is InChI=1S/C15H12Br2O3/c1-19-15(18)11-7-12(16)14(13(17)8-11)20-9-10-5-3-2-4-6-10/h2-8H,9H2,1H3. The molecule has 0 fully saturated rings. The second-order valence-electron chi connectivity index (χ2n) is 4.03. The molecule has 0 unspecified atom stereocenters. The summed E-state index contributed by atoms with van der Waals surface area (Å²) in [6.07, 6.45) is 0. The molecule has 0 atom stereocenters. The maximum atomic E-state index is 11.5. The van der Waals surface area contributed by atoms with Crippen molar-refractivity contribution in [3.8, 4) is 5.75 Å². The topological polar surface area (TPSA) is 35.5 Å². The lowest BCUT2D eigenvalue weighted by Gasteiger charge is -2.11. The molecule has 2 aromatic rings. The molecule has 0 bridgehead atoms. The van der Waals surface area contributed by atoms with E-state index in [0.29, 0.717) is 26.9 Å². The van der Waals surface area contributed by atoms with Crippen LogP contribution in [0.3, 0.4) is 0 Å². The van der Waals surface area contributed by atoms with E-state index < -0.39 is 0 Å². The van der Waals surface area contributed by atoms with E-state index in [1.807, 2.05) is 30.3 Å². The number of carbonyl (C=O) groups excluding carboxylic acids is 1. The van der Waals surface area contributed by atoms with E-state index in [1.54, 1.807) is 12.1 Å². The first-order valence-corrected chi connectivity index (χ1v) is 7.44. The third-order valence-electron chi connectivity index (χ3n) is 2.65. The number of carbonyl (C=O) groups is 1. The van der Waals surface area contributed by atoms with Gasteiger partial charge in [0.15, 0.2) is 0 Å². The van der Waals surface area contributed by atoms with Gasteiger partial charge in [0.2, 0.25) is 0 Å². The highest BCUT2D eigenvalue weighted by atomic mass is 79.9. The van der Waals surface area contributed by atoms with Gasteiger partial charge in [0.25, 0.3) is 0 Å². The molecule has 0 saturated carbocycles. The van der Waals surface area contributed by atoms with E-state index in [9.17, 15) is 4.79 Å². The lowest BCUT2D eigenvalue weighted by molar-refractivity contribution is 0.0600. The summed E-state index contributed by atoms with van der Waals surface area (Å²) in [5.74, 6) is 0.266. The highest BCUT2D eigenvalue weighted by Gasteiger charge is 2.13. The predicted molar refractivity (Wildman–Crippen MR) is 84.0 cm³/mol. The Labute approximate surface area is 134 Å². The van der Waals surface area contributed by atoms with Crippen LogP contribution in [0.4, 0.5) is 0 Å². The molecule has 2 aromatic carbocycles. The lowest BCUT2D eigenvalue weighted by Crippen LogP contribution is -2.03. The van der Waals surface area contributed by atoms with E-state index in [4.69, 9.17) is 9.47 Å². The molecule has 3 nitrogen and oxygen atoms in total. The van der Waals surface area contributed by atoms with Crippen molar-refractivity contribution in [3.05, 3.63) is 62.5 Å². The zero-order valence-electron chi connectivity index (χ0n) is 10.7. The number of ether oxygens (including phenoxy) is 2. The van der Waals surface area contributed by atoms with Crippen LogP contribution in [0.1, 0.15) is 15.9 Å². The van der Waals surface area contributed by atoms with Crippen LogP contribution >= 0.6 is 31.9 Å². The molecule has 0 aliphatic carbocycles. The largest absolute Gasteiger partial charge is 0.487 e. The summed E-state index contributed by atoms with van der Waals surface area (Å²) in [7, 11) is 1.35. The second kappa shape index (κ2) is 6.90. The van der Waals surface area contributed by atoms with E-state index >= 15 is 0 Å². The van der Waals surface area contributed by atoms with Gasteiger partial charge in [0, 0.05) is 0 Å². The fourth-order valence-electron chi connectivity index (χ4n) is 1.66. The molecule has 2 rings (SSSR count). The third-order valence-corrected chi connectivity index (χ3v) is 3.82. The molecule has 20 heavy (non-hydrogen) atoms. The molecule has 104 valence electrons. The zero-order chi connectivity index (χ0) is 14.5. The summed E-state index contributed by atoms with van der Waals surface area (Å²) in [4.78, 5) is 11.5. The first-order valence-electron chi connectivity index (χ1n) is 5.86. The Kier molecular flexibility index (Phi) is 5.20. The van der Waals surface area contributed by atoms with Crippen molar-refractivity contribution in [2.75, 3.05) is 7.11 Å². The average Bonchev–Trinajstić information content (AvgIpc) is 2.46. The average molecular weight is 400 g/mol. The highest BCUT2D eigenvalue weighted by molar-refractivity contribution is 9.11. The molecule has 0 N–H and O–H groups in total. The Morgan fingerprint density at radius 3 is 2.25 bits per heavy atom.